The van der Waals surface area contributed by atoms with E-state index in [4.69, 9.17) is 4.74 Å². The largest absolute Gasteiger partial charge is 0.480 e. The van der Waals surface area contributed by atoms with Crippen LogP contribution in [0.15, 0.2) is 23.1 Å². The van der Waals surface area contributed by atoms with Gasteiger partial charge in [-0.2, -0.15) is 4.31 Å². The van der Waals surface area contributed by atoms with Crippen LogP contribution in [-0.4, -0.2) is 56.3 Å². The molecule has 0 N–H and O–H groups in total. The van der Waals surface area contributed by atoms with Gasteiger partial charge in [0.05, 0.1) is 4.90 Å². The first-order chi connectivity index (χ1) is 13.4. The summed E-state index contributed by atoms with van der Waals surface area (Å²) in [6, 6.07) is 5.02. The van der Waals surface area contributed by atoms with Gasteiger partial charge in [0.1, 0.15) is 5.75 Å². The van der Waals surface area contributed by atoms with Gasteiger partial charge in [0.15, 0.2) is 6.10 Å². The van der Waals surface area contributed by atoms with Crippen molar-refractivity contribution in [1.29, 1.82) is 0 Å². The highest BCUT2D eigenvalue weighted by Crippen LogP contribution is 2.40. The Morgan fingerprint density at radius 3 is 2.54 bits per heavy atom. The molecule has 0 saturated carbocycles. The zero-order valence-electron chi connectivity index (χ0n) is 17.2. The average Bonchev–Trinajstić information content (AvgIpc) is 2.87. The van der Waals surface area contributed by atoms with Crippen molar-refractivity contribution >= 4 is 15.9 Å². The molecule has 2 aliphatic rings. The zero-order chi connectivity index (χ0) is 20.3. The number of carbonyl (C=O) groups excluding carboxylic acids is 1. The maximum atomic E-state index is 13.1. The molecule has 3 rings (SSSR count). The first-order valence-corrected chi connectivity index (χ1v) is 11.9. The number of carbonyl (C=O) groups is 1. The number of hydrogen-bond donors (Lipinski definition) is 0. The molecule has 7 heteroatoms. The topological polar surface area (TPSA) is 66.9 Å². The van der Waals surface area contributed by atoms with E-state index in [-0.39, 0.29) is 11.8 Å². The first-order valence-electron chi connectivity index (χ1n) is 10.4. The molecule has 1 aromatic rings. The Hall–Kier alpha value is -1.60. The second-order valence-electron chi connectivity index (χ2n) is 7.96. The predicted octanol–water partition coefficient (Wildman–Crippen LogP) is 3.37. The van der Waals surface area contributed by atoms with E-state index < -0.39 is 16.1 Å². The van der Waals surface area contributed by atoms with Crippen molar-refractivity contribution in [2.75, 3.05) is 26.7 Å². The highest BCUT2D eigenvalue weighted by Gasteiger charge is 2.39. The lowest BCUT2D eigenvalue weighted by Crippen LogP contribution is -2.40. The molecule has 2 atom stereocenters. The number of benzene rings is 1. The van der Waals surface area contributed by atoms with Crippen molar-refractivity contribution < 1.29 is 17.9 Å². The molecular formula is C21H32N2O4S. The van der Waals surface area contributed by atoms with Crippen LogP contribution >= 0.6 is 0 Å². The lowest BCUT2D eigenvalue weighted by molar-refractivity contribution is -0.137. The highest BCUT2D eigenvalue weighted by atomic mass is 32.2. The van der Waals surface area contributed by atoms with Crippen LogP contribution in [0.25, 0.3) is 0 Å². The SMILES string of the molecule is CCCCN(C)C(=O)C1Oc2ccc(S(=O)(=O)N3CCCCCC3)cc2C1C. The standard InChI is InChI=1S/C21H32N2O4S/c1-4-5-12-22(3)21(24)20-16(2)18-15-17(10-11-19(18)27-20)28(25,26)23-13-8-6-7-9-14-23/h10-11,15-16,20H,4-9,12-14H2,1-3H3. The summed E-state index contributed by atoms with van der Waals surface area (Å²) in [6.45, 7) is 5.88. The van der Waals surface area contributed by atoms with E-state index in [2.05, 4.69) is 6.92 Å². The number of fused-ring (bicyclic) bond motifs is 1. The predicted molar refractivity (Wildman–Crippen MR) is 109 cm³/mol. The monoisotopic (exact) mass is 408 g/mol. The minimum Gasteiger partial charge on any atom is -0.480 e. The number of sulfonamides is 1. The molecule has 28 heavy (non-hydrogen) atoms. The number of hydrogen-bond acceptors (Lipinski definition) is 4. The maximum Gasteiger partial charge on any atom is 0.264 e. The maximum absolute atomic E-state index is 13.1. The Kier molecular flexibility index (Phi) is 6.65. The van der Waals surface area contributed by atoms with Gasteiger partial charge < -0.3 is 9.64 Å². The lowest BCUT2D eigenvalue weighted by Gasteiger charge is -2.23. The molecule has 6 nitrogen and oxygen atoms in total. The molecular weight excluding hydrogens is 376 g/mol. The van der Waals surface area contributed by atoms with Crippen LogP contribution in [0.4, 0.5) is 0 Å². The third-order valence-corrected chi connectivity index (χ3v) is 7.74. The summed E-state index contributed by atoms with van der Waals surface area (Å²) in [6.07, 6.45) is 5.36. The van der Waals surface area contributed by atoms with Gasteiger partial charge in [-0.05, 0) is 37.5 Å². The second-order valence-corrected chi connectivity index (χ2v) is 9.90. The van der Waals surface area contributed by atoms with Crippen molar-refractivity contribution in [2.24, 2.45) is 0 Å². The van der Waals surface area contributed by atoms with Crippen LogP contribution in [0.1, 0.15) is 63.9 Å². The van der Waals surface area contributed by atoms with E-state index in [0.717, 1.165) is 44.1 Å². The van der Waals surface area contributed by atoms with Crippen molar-refractivity contribution in [3.05, 3.63) is 23.8 Å². The number of likely N-dealkylation sites (N-methyl/N-ethyl adjacent to an activating group) is 1. The first kappa shape index (κ1) is 21.1. The van der Waals surface area contributed by atoms with E-state index in [1.54, 1.807) is 34.5 Å². The minimum atomic E-state index is -3.51. The van der Waals surface area contributed by atoms with E-state index in [0.29, 0.717) is 30.3 Å². The summed E-state index contributed by atoms with van der Waals surface area (Å²) in [5.74, 6) is 0.393. The van der Waals surface area contributed by atoms with Gasteiger partial charge >= 0.3 is 0 Å². The Bertz CT molecular complexity index is 801. The van der Waals surface area contributed by atoms with Gasteiger partial charge in [0, 0.05) is 38.2 Å². The van der Waals surface area contributed by atoms with Crippen LogP contribution in [0.2, 0.25) is 0 Å². The van der Waals surface area contributed by atoms with Gasteiger partial charge in [-0.25, -0.2) is 8.42 Å². The lowest BCUT2D eigenvalue weighted by atomic mass is 9.97. The van der Waals surface area contributed by atoms with Crippen LogP contribution < -0.4 is 4.74 Å². The molecule has 0 spiro atoms. The number of unbranched alkanes of at least 4 members (excludes halogenated alkanes) is 1. The summed E-state index contributed by atoms with van der Waals surface area (Å²) in [7, 11) is -1.72. The summed E-state index contributed by atoms with van der Waals surface area (Å²) >= 11 is 0. The zero-order valence-corrected chi connectivity index (χ0v) is 18.0. The fourth-order valence-corrected chi connectivity index (χ4v) is 5.52. The Labute approximate surface area is 168 Å². The van der Waals surface area contributed by atoms with Gasteiger partial charge in [-0.1, -0.05) is 33.1 Å². The second kappa shape index (κ2) is 8.82. The quantitative estimate of drug-likeness (QED) is 0.724. The summed E-state index contributed by atoms with van der Waals surface area (Å²) in [5, 5.41) is 0. The summed E-state index contributed by atoms with van der Waals surface area (Å²) < 4.78 is 33.7. The third-order valence-electron chi connectivity index (χ3n) is 5.85. The van der Waals surface area contributed by atoms with E-state index in [9.17, 15) is 13.2 Å². The van der Waals surface area contributed by atoms with Crippen LogP contribution in [-0.2, 0) is 14.8 Å². The Morgan fingerprint density at radius 2 is 1.89 bits per heavy atom. The molecule has 1 saturated heterocycles. The molecule has 0 aliphatic carbocycles. The van der Waals surface area contributed by atoms with Gasteiger partial charge in [-0.3, -0.25) is 4.79 Å². The molecule has 0 radical (unpaired) electrons. The number of amides is 1. The van der Waals surface area contributed by atoms with E-state index in [1.165, 1.54) is 0 Å². The molecule has 1 fully saturated rings. The van der Waals surface area contributed by atoms with Gasteiger partial charge in [-0.15, -0.1) is 0 Å². The van der Waals surface area contributed by atoms with Crippen molar-refractivity contribution in [1.82, 2.24) is 9.21 Å². The van der Waals surface area contributed by atoms with Crippen molar-refractivity contribution in [2.45, 2.75) is 69.3 Å². The van der Waals surface area contributed by atoms with Crippen LogP contribution in [0.5, 0.6) is 5.75 Å². The molecule has 1 amide bonds. The molecule has 156 valence electrons. The fourth-order valence-electron chi connectivity index (χ4n) is 3.97. The van der Waals surface area contributed by atoms with Crippen molar-refractivity contribution in [3.8, 4) is 5.75 Å². The van der Waals surface area contributed by atoms with Crippen LogP contribution in [0.3, 0.4) is 0 Å². The molecule has 2 aliphatic heterocycles. The number of rotatable bonds is 6. The minimum absolute atomic E-state index is 0.0472. The Morgan fingerprint density at radius 1 is 1.21 bits per heavy atom. The fraction of sp³-hybridized carbons (Fsp3) is 0.667. The number of nitrogens with zero attached hydrogens (tertiary/aromatic N) is 2. The summed E-state index contributed by atoms with van der Waals surface area (Å²) in [4.78, 5) is 14.8. The average molecular weight is 409 g/mol. The van der Waals surface area contributed by atoms with Gasteiger partial charge in [0.2, 0.25) is 10.0 Å². The normalized spacial score (nSPS) is 23.0. The third kappa shape index (κ3) is 4.20. The van der Waals surface area contributed by atoms with Crippen molar-refractivity contribution in [3.63, 3.8) is 0 Å². The molecule has 2 heterocycles. The van der Waals surface area contributed by atoms with Crippen LogP contribution in [0, 0.1) is 0 Å². The molecule has 2 unspecified atom stereocenters. The summed E-state index contributed by atoms with van der Waals surface area (Å²) in [5.41, 5.74) is 0.804. The van der Waals surface area contributed by atoms with Gasteiger partial charge in [0.25, 0.3) is 5.91 Å². The molecule has 0 aromatic heterocycles. The molecule has 1 aromatic carbocycles. The molecule has 0 bridgehead atoms. The highest BCUT2D eigenvalue weighted by molar-refractivity contribution is 7.89. The van der Waals surface area contributed by atoms with E-state index >= 15 is 0 Å². The Balaban J connectivity index is 1.80. The number of ether oxygens (including phenoxy) is 1. The smallest absolute Gasteiger partial charge is 0.264 e. The van der Waals surface area contributed by atoms with E-state index in [1.807, 2.05) is 6.92 Å².